The van der Waals surface area contributed by atoms with Gasteiger partial charge in [0.1, 0.15) is 6.61 Å². The van der Waals surface area contributed by atoms with Gasteiger partial charge in [-0.25, -0.2) is 0 Å². The molecule has 0 unspecified atom stereocenters. The van der Waals surface area contributed by atoms with Crippen molar-refractivity contribution in [2.75, 3.05) is 25.7 Å². The lowest BCUT2D eigenvalue weighted by molar-refractivity contribution is -0.121. The number of hydroxylamine groups is 1. The summed E-state index contributed by atoms with van der Waals surface area (Å²) in [7, 11) is 3.00. The van der Waals surface area contributed by atoms with Crippen LogP contribution in [0.25, 0.3) is 0 Å². The lowest BCUT2D eigenvalue weighted by Gasteiger charge is -2.22. The fraction of sp³-hybridized carbons (Fsp3) is 0.357. The molecule has 0 radical (unpaired) electrons. The van der Waals surface area contributed by atoms with Crippen LogP contribution < -0.4 is 10.4 Å². The van der Waals surface area contributed by atoms with E-state index in [0.717, 1.165) is 16.8 Å². The van der Waals surface area contributed by atoms with E-state index < -0.39 is 0 Å². The van der Waals surface area contributed by atoms with E-state index in [1.165, 1.54) is 14.2 Å². The molecular weight excluding hydrogens is 244 g/mol. The highest BCUT2D eigenvalue weighted by Gasteiger charge is 2.16. The number of ether oxygens (including phenoxy) is 1. The Morgan fingerprint density at radius 2 is 1.95 bits per heavy atom. The molecule has 0 aliphatic carbocycles. The van der Waals surface area contributed by atoms with Gasteiger partial charge in [-0.15, -0.1) is 0 Å². The lowest BCUT2D eigenvalue weighted by atomic mass is 10.1. The van der Waals surface area contributed by atoms with Crippen LogP contribution in [0.5, 0.6) is 0 Å². The van der Waals surface area contributed by atoms with Crippen molar-refractivity contribution in [1.29, 1.82) is 0 Å². The molecule has 1 aromatic carbocycles. The Balaban J connectivity index is 3.11. The van der Waals surface area contributed by atoms with Crippen molar-refractivity contribution in [1.82, 2.24) is 5.48 Å². The van der Waals surface area contributed by atoms with E-state index in [1.54, 1.807) is 17.3 Å². The molecule has 0 aliphatic rings. The molecule has 0 atom stereocenters. The first kappa shape index (κ1) is 15.2. The number of methoxy groups -OCH3 is 1. The lowest BCUT2D eigenvalue weighted by Crippen LogP contribution is -2.30. The van der Waals surface area contributed by atoms with Gasteiger partial charge in [-0.05, 0) is 25.0 Å². The van der Waals surface area contributed by atoms with Gasteiger partial charge < -0.3 is 4.74 Å². The van der Waals surface area contributed by atoms with Crippen LogP contribution in [-0.4, -0.2) is 26.7 Å². The monoisotopic (exact) mass is 264 g/mol. The predicted octanol–water partition coefficient (Wildman–Crippen LogP) is 1.91. The zero-order chi connectivity index (χ0) is 14.3. The van der Waals surface area contributed by atoms with Gasteiger partial charge >= 0.3 is 0 Å². The van der Waals surface area contributed by atoms with Gasteiger partial charge in [-0.1, -0.05) is 18.2 Å². The zero-order valence-corrected chi connectivity index (χ0v) is 11.8. The Labute approximate surface area is 113 Å². The maximum atomic E-state index is 12.1. The summed E-state index contributed by atoms with van der Waals surface area (Å²) in [5, 5.41) is 0. The van der Waals surface area contributed by atoms with Gasteiger partial charge in [-0.2, -0.15) is 0 Å². The van der Waals surface area contributed by atoms with Crippen LogP contribution in [0.1, 0.15) is 11.1 Å². The molecule has 0 aromatic heterocycles. The third kappa shape index (κ3) is 4.08. The van der Waals surface area contributed by atoms with Crippen LogP contribution in [-0.2, 0) is 14.4 Å². The third-order valence-electron chi connectivity index (χ3n) is 2.63. The number of aryl methyl sites for hydroxylation is 2. The molecule has 0 saturated heterocycles. The number of hydrogen-bond acceptors (Lipinski definition) is 4. The van der Waals surface area contributed by atoms with Crippen LogP contribution in [0, 0.1) is 13.8 Å². The van der Waals surface area contributed by atoms with Crippen LogP contribution in [0.3, 0.4) is 0 Å². The van der Waals surface area contributed by atoms with Gasteiger partial charge in [0.25, 0.3) is 5.91 Å². The second kappa shape index (κ2) is 7.56. The van der Waals surface area contributed by atoms with Gasteiger partial charge in [0.2, 0.25) is 0 Å². The summed E-state index contributed by atoms with van der Waals surface area (Å²) in [6.07, 6.45) is 3.18. The number of benzene rings is 1. The number of carbonyl (C=O) groups excluding carboxylic acids is 1. The van der Waals surface area contributed by atoms with Crippen molar-refractivity contribution >= 4 is 11.6 Å². The minimum absolute atomic E-state index is 0.0189. The maximum absolute atomic E-state index is 12.1. The van der Waals surface area contributed by atoms with Crippen LogP contribution >= 0.6 is 0 Å². The first-order valence-electron chi connectivity index (χ1n) is 5.94. The Hall–Kier alpha value is -1.85. The normalized spacial score (nSPS) is 10.7. The zero-order valence-electron chi connectivity index (χ0n) is 11.8. The summed E-state index contributed by atoms with van der Waals surface area (Å²) >= 11 is 0. The largest absolute Gasteiger partial charge is 0.375 e. The molecule has 0 saturated carbocycles. The number of anilines is 1. The maximum Gasteiger partial charge on any atom is 0.257 e. The Bertz CT molecular complexity index is 438. The van der Waals surface area contributed by atoms with E-state index in [-0.39, 0.29) is 12.5 Å². The van der Waals surface area contributed by atoms with Crippen LogP contribution in [0.4, 0.5) is 5.69 Å². The Kier molecular flexibility index (Phi) is 6.05. The van der Waals surface area contributed by atoms with Crippen molar-refractivity contribution in [2.24, 2.45) is 0 Å². The van der Waals surface area contributed by atoms with E-state index in [1.807, 2.05) is 32.0 Å². The van der Waals surface area contributed by atoms with Gasteiger partial charge in [0.15, 0.2) is 0 Å². The standard InChI is InChI=1S/C14H20N2O3/c1-11-6-5-7-12(2)14(11)16(9-8-15-19-4)13(17)10-18-3/h5-9,15H,10H2,1-4H3. The molecule has 1 N–H and O–H groups in total. The molecular formula is C14H20N2O3. The highest BCUT2D eigenvalue weighted by molar-refractivity contribution is 5.97. The summed E-state index contributed by atoms with van der Waals surface area (Å²) in [4.78, 5) is 18.4. The minimum atomic E-state index is -0.144. The molecule has 0 bridgehead atoms. The average Bonchev–Trinajstić information content (AvgIpc) is 2.37. The average molecular weight is 264 g/mol. The highest BCUT2D eigenvalue weighted by Crippen LogP contribution is 2.25. The number of para-hydroxylation sites is 1. The highest BCUT2D eigenvalue weighted by atomic mass is 16.6. The number of rotatable bonds is 6. The SMILES string of the molecule is COCC(=O)N(C=CNOC)c1c(C)cccc1C. The van der Waals surface area contributed by atoms with Gasteiger partial charge in [0, 0.05) is 19.5 Å². The second-order valence-electron chi connectivity index (χ2n) is 4.07. The Morgan fingerprint density at radius 1 is 1.32 bits per heavy atom. The molecule has 1 aromatic rings. The van der Waals surface area contributed by atoms with Crippen LogP contribution in [0.2, 0.25) is 0 Å². The fourth-order valence-corrected chi connectivity index (χ4v) is 1.83. The van der Waals surface area contributed by atoms with Crippen LogP contribution in [0.15, 0.2) is 30.6 Å². The van der Waals surface area contributed by atoms with E-state index in [4.69, 9.17) is 9.57 Å². The molecule has 5 nitrogen and oxygen atoms in total. The van der Waals surface area contributed by atoms with E-state index in [0.29, 0.717) is 0 Å². The van der Waals surface area contributed by atoms with Crippen molar-refractivity contribution in [2.45, 2.75) is 13.8 Å². The summed E-state index contributed by atoms with van der Waals surface area (Å²) in [5.74, 6) is -0.144. The van der Waals surface area contributed by atoms with Crippen molar-refractivity contribution in [3.8, 4) is 0 Å². The number of nitrogens with zero attached hydrogens (tertiary/aromatic N) is 1. The Morgan fingerprint density at radius 3 is 2.47 bits per heavy atom. The van der Waals surface area contributed by atoms with Crippen molar-refractivity contribution < 1.29 is 14.4 Å². The number of nitrogens with one attached hydrogen (secondary N) is 1. The summed E-state index contributed by atoms with van der Waals surface area (Å²) in [5.41, 5.74) is 5.47. The van der Waals surface area contributed by atoms with Crippen molar-refractivity contribution in [3.05, 3.63) is 41.7 Å². The third-order valence-corrected chi connectivity index (χ3v) is 2.63. The first-order valence-corrected chi connectivity index (χ1v) is 5.94. The molecule has 104 valence electrons. The molecule has 19 heavy (non-hydrogen) atoms. The first-order chi connectivity index (χ1) is 9.11. The molecule has 0 spiro atoms. The van der Waals surface area contributed by atoms with Gasteiger partial charge in [-0.3, -0.25) is 20.0 Å². The number of hydrogen-bond donors (Lipinski definition) is 1. The number of amides is 1. The summed E-state index contributed by atoms with van der Waals surface area (Å²) < 4.78 is 4.92. The molecule has 5 heteroatoms. The van der Waals surface area contributed by atoms with E-state index >= 15 is 0 Å². The summed E-state index contributed by atoms with van der Waals surface area (Å²) in [6.45, 7) is 3.95. The van der Waals surface area contributed by atoms with E-state index in [9.17, 15) is 4.79 Å². The molecule has 0 heterocycles. The molecule has 0 fully saturated rings. The molecule has 1 amide bonds. The minimum Gasteiger partial charge on any atom is -0.375 e. The molecule has 0 aliphatic heterocycles. The van der Waals surface area contributed by atoms with Gasteiger partial charge in [0.05, 0.1) is 12.8 Å². The predicted molar refractivity (Wildman–Crippen MR) is 74.6 cm³/mol. The topological polar surface area (TPSA) is 50.8 Å². The molecule has 1 rings (SSSR count). The summed E-state index contributed by atoms with van der Waals surface area (Å²) in [6, 6.07) is 5.89. The smallest absolute Gasteiger partial charge is 0.257 e. The van der Waals surface area contributed by atoms with E-state index in [2.05, 4.69) is 5.48 Å². The van der Waals surface area contributed by atoms with Crippen molar-refractivity contribution in [3.63, 3.8) is 0 Å². The second-order valence-corrected chi connectivity index (χ2v) is 4.07. The number of carbonyl (C=O) groups is 1. The quantitative estimate of drug-likeness (QED) is 0.797. The fourth-order valence-electron chi connectivity index (χ4n) is 1.83.